The van der Waals surface area contributed by atoms with Gasteiger partial charge in [0, 0.05) is 17.2 Å². The Hall–Kier alpha value is -0.640. The number of thioether (sulfide) groups is 1. The van der Waals surface area contributed by atoms with Crippen LogP contribution in [0.15, 0.2) is 0 Å². The van der Waals surface area contributed by atoms with Crippen LogP contribution in [0.2, 0.25) is 0 Å². The fraction of sp³-hybridized carbons (Fsp3) is 0.467. The van der Waals surface area contributed by atoms with E-state index in [1.165, 1.54) is 0 Å². The van der Waals surface area contributed by atoms with Gasteiger partial charge in [-0.05, 0) is 32.0 Å². The molecule has 0 aliphatic heterocycles. The van der Waals surface area contributed by atoms with Crippen LogP contribution in [-0.2, 0) is 16.0 Å². The second-order valence-corrected chi connectivity index (χ2v) is 7.98. The molecular weight excluding hydrogens is 442 g/mol. The first kappa shape index (κ1) is 23.4. The molecule has 0 aromatic heterocycles. The molecule has 2 nitrogen and oxygen atoms in total. The molecule has 1 aromatic carbocycles. The van der Waals surface area contributed by atoms with Crippen molar-refractivity contribution in [2.45, 2.75) is 36.3 Å². The van der Waals surface area contributed by atoms with Crippen LogP contribution in [0.5, 0.6) is 0 Å². The summed E-state index contributed by atoms with van der Waals surface area (Å²) in [4.78, 5) is 10.3. The number of hydrogen-bond donors (Lipinski definition) is 0. The van der Waals surface area contributed by atoms with Crippen LogP contribution < -0.4 is 0 Å². The lowest BCUT2D eigenvalue weighted by molar-refractivity contribution is -0.117. The molecule has 0 heterocycles. The van der Waals surface area contributed by atoms with Gasteiger partial charge in [0.2, 0.25) is 10.2 Å². The Labute approximate surface area is 166 Å². The normalized spacial score (nSPS) is 12.3. The number of rotatable bonds is 8. The van der Waals surface area contributed by atoms with Crippen LogP contribution in [0.3, 0.4) is 0 Å². The Morgan fingerprint density at radius 1 is 1.08 bits per heavy atom. The zero-order valence-corrected chi connectivity index (χ0v) is 16.4. The van der Waals surface area contributed by atoms with E-state index in [1.807, 2.05) is 0 Å². The average molecular weight is 455 g/mol. The van der Waals surface area contributed by atoms with Crippen molar-refractivity contribution in [1.82, 2.24) is 0 Å². The van der Waals surface area contributed by atoms with Crippen molar-refractivity contribution in [2.75, 3.05) is 6.61 Å². The minimum atomic E-state index is -2.24. The highest BCUT2D eigenvalue weighted by molar-refractivity contribution is 8.23. The molecule has 1 aromatic rings. The molecule has 0 aliphatic rings. The molecular formula is C15H13Cl2F5O2S2. The maximum absolute atomic E-state index is 13.9. The summed E-state index contributed by atoms with van der Waals surface area (Å²) >= 11 is 16.6. The van der Waals surface area contributed by atoms with E-state index in [9.17, 15) is 26.7 Å². The van der Waals surface area contributed by atoms with Crippen LogP contribution in [0, 0.1) is 29.1 Å². The smallest absolute Gasteiger partial charge is 0.220 e. The highest BCUT2D eigenvalue weighted by atomic mass is 35.5. The second-order valence-electron chi connectivity index (χ2n) is 4.98. The van der Waals surface area contributed by atoms with Crippen molar-refractivity contribution in [3.05, 3.63) is 34.6 Å². The zero-order valence-electron chi connectivity index (χ0n) is 13.3. The van der Waals surface area contributed by atoms with Gasteiger partial charge >= 0.3 is 0 Å². The number of ether oxygens (including phenoxy) is 1. The third-order valence-corrected chi connectivity index (χ3v) is 5.15. The Kier molecular flexibility index (Phi) is 9.57. The highest BCUT2D eigenvalue weighted by Gasteiger charge is 2.28. The monoisotopic (exact) mass is 454 g/mol. The van der Waals surface area contributed by atoms with E-state index in [1.54, 1.807) is 6.92 Å². The molecule has 1 rings (SSSR count). The summed E-state index contributed by atoms with van der Waals surface area (Å²) in [6, 6.07) is 0. The first-order valence-electron chi connectivity index (χ1n) is 7.24. The number of benzene rings is 1. The standard InChI is InChI=1S/C15H13Cl2F5O2S2/c1-2-24-15(25)26-6(3-4-8(23)14(16)17)5-7-9(18)11(20)13(22)12(21)10(7)19/h6,14H,2-5H2,1H3. The van der Waals surface area contributed by atoms with Crippen LogP contribution in [-0.4, -0.2) is 26.9 Å². The topological polar surface area (TPSA) is 26.3 Å². The van der Waals surface area contributed by atoms with Gasteiger partial charge in [0.1, 0.15) is 0 Å². The van der Waals surface area contributed by atoms with E-state index in [4.69, 9.17) is 40.2 Å². The fourth-order valence-electron chi connectivity index (χ4n) is 1.96. The van der Waals surface area contributed by atoms with Crippen LogP contribution in [0.25, 0.3) is 0 Å². The molecule has 0 saturated heterocycles. The summed E-state index contributed by atoms with van der Waals surface area (Å²) in [5.41, 5.74) is -0.987. The van der Waals surface area contributed by atoms with Gasteiger partial charge in [0.05, 0.1) is 6.61 Å². The average Bonchev–Trinajstić information content (AvgIpc) is 2.59. The van der Waals surface area contributed by atoms with Crippen molar-refractivity contribution in [2.24, 2.45) is 0 Å². The summed E-state index contributed by atoms with van der Waals surface area (Å²) in [6.45, 7) is 1.88. The van der Waals surface area contributed by atoms with Crippen LogP contribution in [0.4, 0.5) is 22.0 Å². The fourth-order valence-corrected chi connectivity index (χ4v) is 3.65. The van der Waals surface area contributed by atoms with Gasteiger partial charge in [-0.2, -0.15) is 0 Å². The summed E-state index contributed by atoms with van der Waals surface area (Å²) in [7, 11) is 0. The van der Waals surface area contributed by atoms with E-state index in [2.05, 4.69) is 0 Å². The first-order valence-corrected chi connectivity index (χ1v) is 9.40. The van der Waals surface area contributed by atoms with Gasteiger partial charge in [0.15, 0.2) is 33.9 Å². The SMILES string of the molecule is CCOC(=S)SC(CCC(=O)C(Cl)Cl)Cc1c(F)c(F)c(F)c(F)c1F. The molecule has 0 aliphatic carbocycles. The van der Waals surface area contributed by atoms with Crippen molar-refractivity contribution >= 4 is 57.3 Å². The lowest BCUT2D eigenvalue weighted by Crippen LogP contribution is -2.18. The Morgan fingerprint density at radius 3 is 2.04 bits per heavy atom. The number of thiocarbonyl (C=S) groups is 1. The minimum Gasteiger partial charge on any atom is -0.479 e. The molecule has 26 heavy (non-hydrogen) atoms. The first-order chi connectivity index (χ1) is 12.1. The van der Waals surface area contributed by atoms with E-state index in [0.717, 1.165) is 11.8 Å². The van der Waals surface area contributed by atoms with Gasteiger partial charge in [-0.15, -0.1) is 0 Å². The number of halogens is 7. The molecule has 11 heteroatoms. The second kappa shape index (κ2) is 10.6. The molecule has 1 unspecified atom stereocenters. The molecule has 0 radical (unpaired) electrons. The minimum absolute atomic E-state index is 0.00779. The number of Topliss-reactive ketones (excluding diaryl/α,β-unsaturated/α-hetero) is 1. The lowest BCUT2D eigenvalue weighted by atomic mass is 10.0. The summed E-state index contributed by atoms with van der Waals surface area (Å²) < 4.78 is 72.7. The van der Waals surface area contributed by atoms with Crippen molar-refractivity contribution in [3.8, 4) is 0 Å². The number of alkyl halides is 2. The van der Waals surface area contributed by atoms with Crippen molar-refractivity contribution in [1.29, 1.82) is 0 Å². The van der Waals surface area contributed by atoms with E-state index in [0.29, 0.717) is 0 Å². The van der Waals surface area contributed by atoms with Crippen LogP contribution >= 0.6 is 47.2 Å². The third kappa shape index (κ3) is 6.21. The molecule has 0 saturated carbocycles. The van der Waals surface area contributed by atoms with Gasteiger partial charge in [-0.25, -0.2) is 22.0 Å². The van der Waals surface area contributed by atoms with Crippen molar-refractivity contribution < 1.29 is 31.5 Å². The lowest BCUT2D eigenvalue weighted by Gasteiger charge is -2.18. The number of carbonyl (C=O) groups is 1. The Morgan fingerprint density at radius 2 is 1.58 bits per heavy atom. The number of carbonyl (C=O) groups excluding carboxylic acids is 1. The summed E-state index contributed by atoms with van der Waals surface area (Å²) in [5, 5.41) is -0.793. The van der Waals surface area contributed by atoms with Crippen molar-refractivity contribution in [3.63, 3.8) is 0 Å². The largest absolute Gasteiger partial charge is 0.479 e. The number of hydrogen-bond acceptors (Lipinski definition) is 4. The summed E-state index contributed by atoms with van der Waals surface area (Å²) in [6.07, 6.45) is -0.738. The van der Waals surface area contributed by atoms with Gasteiger partial charge < -0.3 is 4.74 Å². The maximum Gasteiger partial charge on any atom is 0.220 e. The molecule has 0 bridgehead atoms. The third-order valence-electron chi connectivity index (χ3n) is 3.21. The zero-order chi connectivity index (χ0) is 20.0. The molecule has 1 atom stereocenters. The van der Waals surface area contributed by atoms with Crippen LogP contribution in [0.1, 0.15) is 25.3 Å². The molecule has 146 valence electrons. The summed E-state index contributed by atoms with van der Waals surface area (Å²) in [5.74, 6) is -10.7. The molecule has 0 spiro atoms. The maximum atomic E-state index is 13.9. The van der Waals surface area contributed by atoms with E-state index < -0.39 is 56.9 Å². The van der Waals surface area contributed by atoms with E-state index >= 15 is 0 Å². The Balaban J connectivity index is 3.08. The quantitative estimate of drug-likeness (QED) is 0.170. The molecule has 0 N–H and O–H groups in total. The molecule has 0 amide bonds. The van der Waals surface area contributed by atoms with Gasteiger partial charge in [-0.3, -0.25) is 4.79 Å². The highest BCUT2D eigenvalue weighted by Crippen LogP contribution is 2.29. The van der Waals surface area contributed by atoms with E-state index in [-0.39, 0.29) is 23.8 Å². The Bertz CT molecular complexity index is 659. The van der Waals surface area contributed by atoms with Gasteiger partial charge in [-0.1, -0.05) is 35.0 Å². The predicted molar refractivity (Wildman–Crippen MR) is 95.3 cm³/mol. The predicted octanol–water partition coefficient (Wildman–Crippen LogP) is 5.50. The number of ketones is 1. The van der Waals surface area contributed by atoms with Gasteiger partial charge in [0.25, 0.3) is 0 Å². The molecule has 0 fully saturated rings.